The van der Waals surface area contributed by atoms with Gasteiger partial charge >= 0.3 is 0 Å². The molecular formula is C17H16N4OS. The minimum atomic E-state index is -0.154. The van der Waals surface area contributed by atoms with E-state index in [1.54, 1.807) is 18.6 Å². The van der Waals surface area contributed by atoms with Crippen LogP contribution in [0.5, 0.6) is 0 Å². The van der Waals surface area contributed by atoms with E-state index in [2.05, 4.69) is 15.3 Å². The number of nitrogens with zero attached hydrogens (tertiary/aromatic N) is 3. The predicted octanol–water partition coefficient (Wildman–Crippen LogP) is 2.92. The molecule has 5 nitrogen and oxygen atoms in total. The van der Waals surface area contributed by atoms with Gasteiger partial charge in [-0.05, 0) is 36.1 Å². The molecule has 116 valence electrons. The van der Waals surface area contributed by atoms with E-state index in [0.717, 1.165) is 16.4 Å². The maximum Gasteiger partial charge on any atom is 0.270 e. The molecule has 0 saturated heterocycles. The lowest BCUT2D eigenvalue weighted by atomic mass is 10.2. The highest BCUT2D eigenvalue weighted by Gasteiger charge is 2.17. The number of imidazole rings is 1. The number of amides is 1. The molecule has 3 rings (SSSR count). The van der Waals surface area contributed by atoms with Crippen molar-refractivity contribution in [1.29, 1.82) is 0 Å². The summed E-state index contributed by atoms with van der Waals surface area (Å²) in [4.78, 5) is 20.9. The Labute approximate surface area is 138 Å². The first-order valence-corrected chi connectivity index (χ1v) is 8.36. The van der Waals surface area contributed by atoms with Crippen LogP contribution in [-0.2, 0) is 6.54 Å². The lowest BCUT2D eigenvalue weighted by molar-refractivity contribution is 0.0943. The predicted molar refractivity (Wildman–Crippen MR) is 90.8 cm³/mol. The second kappa shape index (κ2) is 7.11. The Morgan fingerprint density at radius 1 is 1.17 bits per heavy atom. The molecule has 0 atom stereocenters. The number of rotatable bonds is 5. The van der Waals surface area contributed by atoms with Gasteiger partial charge in [0.05, 0.1) is 6.20 Å². The summed E-state index contributed by atoms with van der Waals surface area (Å²) < 4.78 is 1.87. The van der Waals surface area contributed by atoms with Crippen LogP contribution in [0.4, 0.5) is 0 Å². The molecule has 0 aliphatic heterocycles. The summed E-state index contributed by atoms with van der Waals surface area (Å²) >= 11 is 1.51. The highest BCUT2D eigenvalue weighted by atomic mass is 32.2. The van der Waals surface area contributed by atoms with E-state index in [0.29, 0.717) is 12.2 Å². The van der Waals surface area contributed by atoms with E-state index in [4.69, 9.17) is 0 Å². The third kappa shape index (κ3) is 3.43. The molecule has 0 radical (unpaired) electrons. The largest absolute Gasteiger partial charge is 0.347 e. The molecule has 1 aromatic carbocycles. The molecule has 23 heavy (non-hydrogen) atoms. The fourth-order valence-corrected chi connectivity index (χ4v) is 2.78. The van der Waals surface area contributed by atoms with Crippen molar-refractivity contribution in [3.8, 4) is 5.69 Å². The van der Waals surface area contributed by atoms with Gasteiger partial charge in [-0.25, -0.2) is 4.98 Å². The monoisotopic (exact) mass is 324 g/mol. The van der Waals surface area contributed by atoms with E-state index < -0.39 is 0 Å². The van der Waals surface area contributed by atoms with Crippen LogP contribution in [0.25, 0.3) is 5.69 Å². The number of pyridine rings is 1. The lowest BCUT2D eigenvalue weighted by Gasteiger charge is -2.11. The Hall–Kier alpha value is -2.60. The highest BCUT2D eigenvalue weighted by molar-refractivity contribution is 7.98. The maximum absolute atomic E-state index is 12.5. The van der Waals surface area contributed by atoms with Gasteiger partial charge < -0.3 is 5.32 Å². The molecular weight excluding hydrogens is 308 g/mol. The fraction of sp³-hybridized carbons (Fsp3) is 0.118. The van der Waals surface area contributed by atoms with Crippen molar-refractivity contribution < 1.29 is 4.79 Å². The zero-order chi connectivity index (χ0) is 16.1. The summed E-state index contributed by atoms with van der Waals surface area (Å²) in [6.45, 7) is 0.454. The number of carbonyl (C=O) groups excluding carboxylic acids is 1. The van der Waals surface area contributed by atoms with Crippen LogP contribution in [0.2, 0.25) is 0 Å². The number of thioether (sulfide) groups is 1. The van der Waals surface area contributed by atoms with Crippen LogP contribution < -0.4 is 5.32 Å². The molecule has 1 N–H and O–H groups in total. The van der Waals surface area contributed by atoms with Crippen LogP contribution >= 0.6 is 11.8 Å². The number of hydrogen-bond donors (Lipinski definition) is 1. The first-order valence-electron chi connectivity index (χ1n) is 7.14. The normalized spacial score (nSPS) is 10.5. The Morgan fingerprint density at radius 2 is 1.91 bits per heavy atom. The second-order valence-corrected chi connectivity index (χ2v) is 5.61. The van der Waals surface area contributed by atoms with Crippen LogP contribution in [0.1, 0.15) is 16.1 Å². The van der Waals surface area contributed by atoms with E-state index in [1.165, 1.54) is 11.8 Å². The number of benzene rings is 1. The van der Waals surface area contributed by atoms with Gasteiger partial charge in [0.1, 0.15) is 5.69 Å². The van der Waals surface area contributed by atoms with E-state index in [-0.39, 0.29) is 5.91 Å². The number of para-hydroxylation sites is 1. The van der Waals surface area contributed by atoms with Crippen LogP contribution in [0.15, 0.2) is 66.2 Å². The molecule has 3 aromatic rings. The van der Waals surface area contributed by atoms with Gasteiger partial charge in [-0.15, -0.1) is 0 Å². The Kier molecular flexibility index (Phi) is 4.73. The van der Waals surface area contributed by atoms with Gasteiger partial charge in [0.25, 0.3) is 5.91 Å². The standard InChI is InChI=1S/C17H16N4OS/c1-23-17-20-12-15(21(17)14-5-3-2-4-6-14)16(22)19-11-13-7-9-18-10-8-13/h2-10,12H,11H2,1H3,(H,19,22). The second-order valence-electron chi connectivity index (χ2n) is 4.84. The topological polar surface area (TPSA) is 59.8 Å². The summed E-state index contributed by atoms with van der Waals surface area (Å²) in [7, 11) is 0. The average molecular weight is 324 g/mol. The number of aromatic nitrogens is 3. The van der Waals surface area contributed by atoms with Gasteiger partial charge in [-0.2, -0.15) is 0 Å². The first-order chi connectivity index (χ1) is 11.3. The molecule has 0 bridgehead atoms. The van der Waals surface area contributed by atoms with Crippen molar-refractivity contribution in [2.75, 3.05) is 6.26 Å². The highest BCUT2D eigenvalue weighted by Crippen LogP contribution is 2.21. The van der Waals surface area contributed by atoms with Crippen LogP contribution in [-0.4, -0.2) is 26.7 Å². The molecule has 0 fully saturated rings. The third-order valence-electron chi connectivity index (χ3n) is 3.36. The molecule has 1 amide bonds. The van der Waals surface area contributed by atoms with E-state index in [1.807, 2.05) is 53.3 Å². The minimum absolute atomic E-state index is 0.154. The summed E-state index contributed by atoms with van der Waals surface area (Å²) in [5, 5.41) is 3.71. The van der Waals surface area contributed by atoms with E-state index in [9.17, 15) is 4.79 Å². The quantitative estimate of drug-likeness (QED) is 0.733. The molecule has 2 heterocycles. The number of nitrogens with one attached hydrogen (secondary N) is 1. The van der Waals surface area contributed by atoms with E-state index >= 15 is 0 Å². The molecule has 2 aromatic heterocycles. The number of hydrogen-bond acceptors (Lipinski definition) is 4. The van der Waals surface area contributed by atoms with Gasteiger partial charge in [0.15, 0.2) is 5.16 Å². The average Bonchev–Trinajstić information content (AvgIpc) is 3.05. The molecule has 6 heteroatoms. The SMILES string of the molecule is CSc1ncc(C(=O)NCc2ccncc2)n1-c1ccccc1. The minimum Gasteiger partial charge on any atom is -0.347 e. The van der Waals surface area contributed by atoms with Crippen molar-refractivity contribution >= 4 is 17.7 Å². The fourth-order valence-electron chi connectivity index (χ4n) is 2.24. The molecule has 0 spiro atoms. The Balaban J connectivity index is 1.85. The van der Waals surface area contributed by atoms with Gasteiger partial charge in [-0.1, -0.05) is 30.0 Å². The smallest absolute Gasteiger partial charge is 0.270 e. The summed E-state index contributed by atoms with van der Waals surface area (Å²) in [5.41, 5.74) is 2.45. The zero-order valence-corrected chi connectivity index (χ0v) is 13.5. The van der Waals surface area contributed by atoms with Crippen molar-refractivity contribution in [2.45, 2.75) is 11.7 Å². The summed E-state index contributed by atoms with van der Waals surface area (Å²) in [6, 6.07) is 13.5. The van der Waals surface area contributed by atoms with Crippen molar-refractivity contribution in [3.05, 3.63) is 72.3 Å². The van der Waals surface area contributed by atoms with Crippen molar-refractivity contribution in [3.63, 3.8) is 0 Å². The van der Waals surface area contributed by atoms with Crippen LogP contribution in [0, 0.1) is 0 Å². The van der Waals surface area contributed by atoms with Crippen LogP contribution in [0.3, 0.4) is 0 Å². The zero-order valence-electron chi connectivity index (χ0n) is 12.6. The molecule has 0 unspecified atom stereocenters. The maximum atomic E-state index is 12.5. The summed E-state index contributed by atoms with van der Waals surface area (Å²) in [5.74, 6) is -0.154. The van der Waals surface area contributed by atoms with Gasteiger partial charge in [0, 0.05) is 24.6 Å². The Morgan fingerprint density at radius 3 is 2.61 bits per heavy atom. The molecule has 0 aliphatic rings. The van der Waals surface area contributed by atoms with Crippen molar-refractivity contribution in [1.82, 2.24) is 19.9 Å². The van der Waals surface area contributed by atoms with Crippen molar-refractivity contribution in [2.24, 2.45) is 0 Å². The van der Waals surface area contributed by atoms with Gasteiger partial charge in [0.2, 0.25) is 0 Å². The lowest BCUT2D eigenvalue weighted by Crippen LogP contribution is -2.25. The summed E-state index contributed by atoms with van der Waals surface area (Å²) in [6.07, 6.45) is 6.98. The Bertz CT molecular complexity index is 787. The number of carbonyl (C=O) groups is 1. The third-order valence-corrected chi connectivity index (χ3v) is 4.01. The first kappa shape index (κ1) is 15.3. The molecule has 0 saturated carbocycles. The van der Waals surface area contributed by atoms with Gasteiger partial charge in [-0.3, -0.25) is 14.3 Å². The molecule has 0 aliphatic carbocycles.